The van der Waals surface area contributed by atoms with Crippen molar-refractivity contribution in [3.05, 3.63) is 52.0 Å². The third-order valence-corrected chi connectivity index (χ3v) is 8.21. The van der Waals surface area contributed by atoms with Crippen LogP contribution in [0.2, 0.25) is 0 Å². The number of rotatable bonds is 4. The summed E-state index contributed by atoms with van der Waals surface area (Å²) in [5.41, 5.74) is 1.34. The van der Waals surface area contributed by atoms with Gasteiger partial charge in [0.2, 0.25) is 10.0 Å². The fourth-order valence-corrected chi connectivity index (χ4v) is 5.66. The lowest BCUT2D eigenvalue weighted by Crippen LogP contribution is -2.31. The van der Waals surface area contributed by atoms with Gasteiger partial charge in [0.1, 0.15) is 13.2 Å². The van der Waals surface area contributed by atoms with E-state index in [0.29, 0.717) is 41.3 Å². The topological polar surface area (TPSA) is 76.2 Å². The lowest BCUT2D eigenvalue weighted by atomic mass is 10.0. The number of amides is 1. The Bertz CT molecular complexity index is 1090. The van der Waals surface area contributed by atoms with Gasteiger partial charge in [-0.3, -0.25) is 4.79 Å². The number of sulfonamides is 1. The molecule has 0 aromatic heterocycles. The van der Waals surface area contributed by atoms with Crippen LogP contribution in [0.5, 0.6) is 11.5 Å². The van der Waals surface area contributed by atoms with Crippen LogP contribution in [0.3, 0.4) is 0 Å². The standard InChI is InChI=1S/C21H23BrN2O5S/c1-23(2)30(26,27)20-13-15(5-7-16(20)22)21(25)24-9-3-4-17(24)14-6-8-18-19(12-14)29-11-10-28-18/h5-8,12-13,17H,3-4,9-11H2,1-2H3/t17-/m0/s1. The summed E-state index contributed by atoms with van der Waals surface area (Å²) < 4.78 is 38.1. The molecule has 0 bridgehead atoms. The van der Waals surface area contributed by atoms with Crippen LogP contribution >= 0.6 is 15.9 Å². The van der Waals surface area contributed by atoms with Gasteiger partial charge in [0.05, 0.1) is 10.9 Å². The number of ether oxygens (including phenoxy) is 2. The molecule has 0 saturated carbocycles. The maximum absolute atomic E-state index is 13.3. The summed E-state index contributed by atoms with van der Waals surface area (Å²) in [6.07, 6.45) is 1.72. The van der Waals surface area contributed by atoms with Crippen LogP contribution in [-0.2, 0) is 10.0 Å². The average Bonchev–Trinajstić information content (AvgIpc) is 3.23. The maximum Gasteiger partial charge on any atom is 0.254 e. The first-order chi connectivity index (χ1) is 14.3. The fraction of sp³-hybridized carbons (Fsp3) is 0.381. The van der Waals surface area contributed by atoms with Crippen LogP contribution in [0.4, 0.5) is 0 Å². The third-order valence-electron chi connectivity index (χ3n) is 5.40. The zero-order valence-electron chi connectivity index (χ0n) is 16.8. The highest BCUT2D eigenvalue weighted by atomic mass is 79.9. The van der Waals surface area contributed by atoms with Crippen LogP contribution in [-0.4, -0.2) is 57.4 Å². The Labute approximate surface area is 184 Å². The Morgan fingerprint density at radius 2 is 1.83 bits per heavy atom. The molecular formula is C21H23BrN2O5S. The number of hydrogen-bond acceptors (Lipinski definition) is 5. The molecule has 1 atom stereocenters. The number of hydrogen-bond donors (Lipinski definition) is 0. The maximum atomic E-state index is 13.3. The van der Waals surface area contributed by atoms with Crippen LogP contribution in [0, 0.1) is 0 Å². The molecule has 160 valence electrons. The normalized spacial score (nSPS) is 18.7. The van der Waals surface area contributed by atoms with Gasteiger partial charge in [-0.25, -0.2) is 12.7 Å². The number of nitrogens with zero attached hydrogens (tertiary/aromatic N) is 2. The van der Waals surface area contributed by atoms with Crippen molar-refractivity contribution in [1.29, 1.82) is 0 Å². The number of halogens is 1. The second-order valence-corrected chi connectivity index (χ2v) is 10.5. The highest BCUT2D eigenvalue weighted by Gasteiger charge is 2.32. The lowest BCUT2D eigenvalue weighted by Gasteiger charge is -2.27. The van der Waals surface area contributed by atoms with Gasteiger partial charge < -0.3 is 14.4 Å². The Kier molecular flexibility index (Phi) is 5.78. The first kappa shape index (κ1) is 21.1. The predicted molar refractivity (Wildman–Crippen MR) is 115 cm³/mol. The SMILES string of the molecule is CN(C)S(=O)(=O)c1cc(C(=O)N2CCC[C@H]2c2ccc3c(c2)OCCO3)ccc1Br. The minimum atomic E-state index is -3.68. The van der Waals surface area contributed by atoms with Gasteiger partial charge in [0.15, 0.2) is 11.5 Å². The smallest absolute Gasteiger partial charge is 0.254 e. The molecule has 2 aliphatic rings. The number of carbonyl (C=O) groups is 1. The number of fused-ring (bicyclic) bond motifs is 1. The summed E-state index contributed by atoms with van der Waals surface area (Å²) in [6.45, 7) is 1.65. The van der Waals surface area contributed by atoms with Gasteiger partial charge in [-0.2, -0.15) is 0 Å². The minimum absolute atomic E-state index is 0.0772. The second kappa shape index (κ2) is 8.20. The van der Waals surface area contributed by atoms with Crippen molar-refractivity contribution in [3.8, 4) is 11.5 Å². The summed E-state index contributed by atoms with van der Waals surface area (Å²) >= 11 is 3.29. The van der Waals surface area contributed by atoms with Gasteiger partial charge in [0.25, 0.3) is 5.91 Å². The van der Waals surface area contributed by atoms with E-state index >= 15 is 0 Å². The summed E-state index contributed by atoms with van der Waals surface area (Å²) in [7, 11) is -0.744. The number of benzene rings is 2. The highest BCUT2D eigenvalue weighted by molar-refractivity contribution is 9.10. The summed E-state index contributed by atoms with van der Waals surface area (Å²) in [6, 6.07) is 10.4. The molecule has 1 fully saturated rings. The molecule has 2 aromatic rings. The van der Waals surface area contributed by atoms with Gasteiger partial charge in [0, 0.05) is 30.7 Å². The van der Waals surface area contributed by atoms with Gasteiger partial charge in [-0.15, -0.1) is 0 Å². The van der Waals surface area contributed by atoms with Crippen LogP contribution in [0.1, 0.15) is 34.8 Å². The zero-order chi connectivity index (χ0) is 21.5. The Hall–Kier alpha value is -2.10. The molecule has 0 N–H and O–H groups in total. The van der Waals surface area contributed by atoms with E-state index in [1.165, 1.54) is 20.2 Å². The Morgan fingerprint density at radius 1 is 1.10 bits per heavy atom. The van der Waals surface area contributed by atoms with Gasteiger partial charge in [-0.05, 0) is 64.7 Å². The molecule has 0 radical (unpaired) electrons. The molecule has 1 saturated heterocycles. The Morgan fingerprint density at radius 3 is 2.57 bits per heavy atom. The van der Waals surface area contributed by atoms with E-state index in [2.05, 4.69) is 15.9 Å². The summed E-state index contributed by atoms with van der Waals surface area (Å²) in [5, 5.41) is 0. The number of likely N-dealkylation sites (tertiary alicyclic amines) is 1. The molecule has 30 heavy (non-hydrogen) atoms. The fourth-order valence-electron chi connectivity index (χ4n) is 3.82. The molecule has 2 aliphatic heterocycles. The minimum Gasteiger partial charge on any atom is -0.486 e. The van der Waals surface area contributed by atoms with Crippen molar-refractivity contribution in [2.24, 2.45) is 0 Å². The molecule has 2 heterocycles. The number of carbonyl (C=O) groups excluding carboxylic acids is 1. The van der Waals surface area contributed by atoms with Crippen molar-refractivity contribution in [2.75, 3.05) is 33.9 Å². The largest absolute Gasteiger partial charge is 0.486 e. The van der Waals surface area contributed by atoms with Crippen LogP contribution in [0.15, 0.2) is 45.8 Å². The third kappa shape index (κ3) is 3.81. The zero-order valence-corrected chi connectivity index (χ0v) is 19.2. The van der Waals surface area contributed by atoms with E-state index in [-0.39, 0.29) is 16.8 Å². The average molecular weight is 495 g/mol. The molecular weight excluding hydrogens is 472 g/mol. The predicted octanol–water partition coefficient (Wildman–Crippen LogP) is 3.45. The molecule has 9 heteroatoms. The molecule has 7 nitrogen and oxygen atoms in total. The van der Waals surface area contributed by atoms with Crippen molar-refractivity contribution in [2.45, 2.75) is 23.8 Å². The van der Waals surface area contributed by atoms with Gasteiger partial charge >= 0.3 is 0 Å². The van der Waals surface area contributed by atoms with E-state index in [1.807, 2.05) is 18.2 Å². The first-order valence-electron chi connectivity index (χ1n) is 9.71. The lowest BCUT2D eigenvalue weighted by molar-refractivity contribution is 0.0735. The van der Waals surface area contributed by atoms with E-state index in [1.54, 1.807) is 17.0 Å². The van der Waals surface area contributed by atoms with Crippen molar-refractivity contribution in [3.63, 3.8) is 0 Å². The van der Waals surface area contributed by atoms with Crippen LogP contribution in [0.25, 0.3) is 0 Å². The molecule has 0 spiro atoms. The summed E-state index contributed by atoms with van der Waals surface area (Å²) in [5.74, 6) is 1.23. The van der Waals surface area contributed by atoms with E-state index < -0.39 is 10.0 Å². The van der Waals surface area contributed by atoms with E-state index in [9.17, 15) is 13.2 Å². The van der Waals surface area contributed by atoms with Crippen molar-refractivity contribution < 1.29 is 22.7 Å². The molecule has 0 aliphatic carbocycles. The van der Waals surface area contributed by atoms with Crippen molar-refractivity contribution >= 4 is 31.9 Å². The molecule has 0 unspecified atom stereocenters. The van der Waals surface area contributed by atoms with E-state index in [4.69, 9.17) is 9.47 Å². The summed E-state index contributed by atoms with van der Waals surface area (Å²) in [4.78, 5) is 15.2. The molecule has 2 aromatic carbocycles. The second-order valence-electron chi connectivity index (χ2n) is 7.49. The van der Waals surface area contributed by atoms with Gasteiger partial charge in [-0.1, -0.05) is 6.07 Å². The highest BCUT2D eigenvalue weighted by Crippen LogP contribution is 2.39. The van der Waals surface area contributed by atoms with Crippen molar-refractivity contribution in [1.82, 2.24) is 9.21 Å². The monoisotopic (exact) mass is 494 g/mol. The Balaban J connectivity index is 1.65. The van der Waals surface area contributed by atoms with E-state index in [0.717, 1.165) is 22.7 Å². The quantitative estimate of drug-likeness (QED) is 0.650. The van der Waals surface area contributed by atoms with Crippen LogP contribution < -0.4 is 9.47 Å². The first-order valence-corrected chi connectivity index (χ1v) is 11.9. The molecule has 1 amide bonds. The molecule has 4 rings (SSSR count).